The number of nitrogen functional groups attached to an aromatic ring is 1. The van der Waals surface area contributed by atoms with Gasteiger partial charge in [-0.2, -0.15) is 0 Å². The summed E-state index contributed by atoms with van der Waals surface area (Å²) in [7, 11) is 0. The minimum Gasteiger partial charge on any atom is -0.505 e. The molecule has 2 heterocycles. The van der Waals surface area contributed by atoms with E-state index in [1.54, 1.807) is 13.0 Å². The van der Waals surface area contributed by atoms with Crippen LogP contribution in [0.1, 0.15) is 62.5 Å². The summed E-state index contributed by atoms with van der Waals surface area (Å²) in [5, 5.41) is 63.9. The predicted octanol–water partition coefficient (Wildman–Crippen LogP) is 4.02. The van der Waals surface area contributed by atoms with E-state index in [1.807, 2.05) is 19.9 Å². The van der Waals surface area contributed by atoms with Crippen LogP contribution in [0.15, 0.2) is 90.3 Å². The number of benzene rings is 3. The van der Waals surface area contributed by atoms with Crippen molar-refractivity contribution in [2.75, 3.05) is 41.5 Å². The molecule has 6 aromatic rings. The van der Waals surface area contributed by atoms with Crippen LogP contribution in [0, 0.1) is 12.3 Å². The Hall–Kier alpha value is -8.13. The molecule has 61 heavy (non-hydrogen) atoms. The molecule has 0 saturated carbocycles. The van der Waals surface area contributed by atoms with Gasteiger partial charge in [0.1, 0.15) is 45.3 Å². The Labute approximate surface area is 343 Å². The SMILES string of the molecule is CCOc1c(Nc2cccc(C(=O)O)c2O)c(=O)c1=O.Cc1ccc(C(Nc2c(Nc3cccc(C(=O)O)c3O)c(=O)c2=O)C2(C)COC2)o1.Nc1cccc(C(=O)O)c1O. The number of aromatic carboxylic acids is 3. The van der Waals surface area contributed by atoms with Crippen LogP contribution in [0.3, 0.4) is 0 Å². The van der Waals surface area contributed by atoms with Gasteiger partial charge in [-0.1, -0.05) is 25.1 Å². The average Bonchev–Trinajstić information content (AvgIpc) is 3.65. The average molecular weight is 843 g/mol. The van der Waals surface area contributed by atoms with Crippen LogP contribution in [-0.2, 0) is 4.74 Å². The van der Waals surface area contributed by atoms with Crippen LogP contribution in [0.2, 0.25) is 0 Å². The van der Waals surface area contributed by atoms with E-state index in [4.69, 9.17) is 40.1 Å². The largest absolute Gasteiger partial charge is 0.505 e. The molecule has 0 bridgehead atoms. The normalized spacial score (nSPS) is 13.0. The van der Waals surface area contributed by atoms with Crippen molar-refractivity contribution in [1.82, 2.24) is 0 Å². The summed E-state index contributed by atoms with van der Waals surface area (Å²) >= 11 is 0. The van der Waals surface area contributed by atoms with Gasteiger partial charge in [-0.05, 0) is 62.4 Å². The van der Waals surface area contributed by atoms with Crippen molar-refractivity contribution in [2.24, 2.45) is 5.41 Å². The van der Waals surface area contributed by atoms with Crippen molar-refractivity contribution in [1.29, 1.82) is 0 Å². The molecule has 7 rings (SSSR count). The molecular formula is C41H38N4O16. The van der Waals surface area contributed by atoms with Gasteiger partial charge in [-0.25, -0.2) is 14.4 Å². The molecule has 1 fully saturated rings. The first-order chi connectivity index (χ1) is 28.8. The van der Waals surface area contributed by atoms with Crippen molar-refractivity contribution in [3.63, 3.8) is 0 Å². The monoisotopic (exact) mass is 842 g/mol. The number of aromatic hydroxyl groups is 3. The maximum Gasteiger partial charge on any atom is 0.339 e. The summed E-state index contributed by atoms with van der Waals surface area (Å²) in [4.78, 5) is 79.7. The van der Waals surface area contributed by atoms with Crippen molar-refractivity contribution in [3.05, 3.63) is 136 Å². The minimum absolute atomic E-state index is 0.00799. The van der Waals surface area contributed by atoms with Gasteiger partial charge < -0.3 is 66.2 Å². The number of aryl methyl sites for hydroxylation is 1. The first-order valence-corrected chi connectivity index (χ1v) is 18.0. The third-order valence-electron chi connectivity index (χ3n) is 9.31. The van der Waals surface area contributed by atoms with Gasteiger partial charge in [0.15, 0.2) is 23.0 Å². The molecule has 0 amide bonds. The second-order valence-corrected chi connectivity index (χ2v) is 13.7. The molecule has 1 atom stereocenters. The zero-order valence-corrected chi connectivity index (χ0v) is 32.4. The second kappa shape index (κ2) is 17.8. The quantitative estimate of drug-likeness (QED) is 0.0446. The molecule has 20 nitrogen and oxygen atoms in total. The number of carboxylic acids is 3. The lowest BCUT2D eigenvalue weighted by Crippen LogP contribution is -2.49. The number of phenols is 3. The first-order valence-electron chi connectivity index (χ1n) is 18.0. The summed E-state index contributed by atoms with van der Waals surface area (Å²) in [6, 6.07) is 15.4. The molecular weight excluding hydrogens is 804 g/mol. The van der Waals surface area contributed by atoms with E-state index in [2.05, 4.69) is 16.0 Å². The van der Waals surface area contributed by atoms with Gasteiger partial charge in [0.2, 0.25) is 0 Å². The molecule has 5 aromatic carbocycles. The third-order valence-corrected chi connectivity index (χ3v) is 9.31. The van der Waals surface area contributed by atoms with Gasteiger partial charge in [0.25, 0.3) is 21.7 Å². The number of para-hydroxylation sites is 3. The van der Waals surface area contributed by atoms with Crippen molar-refractivity contribution in [3.8, 4) is 23.0 Å². The Kier molecular flexibility index (Phi) is 12.8. The third kappa shape index (κ3) is 8.98. The summed E-state index contributed by atoms with van der Waals surface area (Å²) in [6.45, 7) is 6.55. The van der Waals surface area contributed by atoms with Gasteiger partial charge in [-0.15, -0.1) is 0 Å². The molecule has 1 aromatic heterocycles. The smallest absolute Gasteiger partial charge is 0.339 e. The molecule has 1 saturated heterocycles. The number of ether oxygens (including phenoxy) is 2. The minimum atomic E-state index is -1.31. The van der Waals surface area contributed by atoms with E-state index in [0.717, 1.165) is 0 Å². The number of rotatable bonds is 13. The highest BCUT2D eigenvalue weighted by molar-refractivity contribution is 5.95. The van der Waals surface area contributed by atoms with E-state index in [-0.39, 0.29) is 74.3 Å². The van der Waals surface area contributed by atoms with Gasteiger partial charge in [-0.3, -0.25) is 19.2 Å². The van der Waals surface area contributed by atoms with E-state index >= 15 is 0 Å². The second-order valence-electron chi connectivity index (χ2n) is 13.7. The molecule has 1 aliphatic heterocycles. The van der Waals surface area contributed by atoms with Crippen LogP contribution < -0.4 is 48.1 Å². The zero-order valence-electron chi connectivity index (χ0n) is 32.4. The molecule has 0 radical (unpaired) electrons. The summed E-state index contributed by atoms with van der Waals surface area (Å²) < 4.78 is 16.1. The molecule has 0 aliphatic carbocycles. The number of carboxylic acid groups (broad SMARTS) is 3. The standard InChI is InChI=1S/C21H20N2O7.C13H11NO6.C7H7NO3/c1-10-6-7-13(30-10)19(21(2)8-29-9-21)23-15-14(17(25)18(15)26)22-12-5-3-4-11(16(12)24)20(27)28;1-2-20-12-8(10(16)11(12)17)14-7-5-3-4-6(9(7)15)13(18)19;8-5-3-1-2-4(6(5)9)7(10)11/h3-7,19,22-24H,8-9H2,1-2H3,(H,27,28);3-5,14-15H,2H2,1H3,(H,18,19);1-3,9H,8H2,(H,10,11). The number of furan rings is 1. The number of nitrogens with one attached hydrogen (secondary N) is 3. The van der Waals surface area contributed by atoms with Gasteiger partial charge in [0.05, 0.1) is 42.9 Å². The molecule has 0 spiro atoms. The van der Waals surface area contributed by atoms with Crippen LogP contribution in [0.4, 0.5) is 34.1 Å². The molecule has 11 N–H and O–H groups in total. The molecule has 1 aliphatic rings. The van der Waals surface area contributed by atoms with E-state index in [0.29, 0.717) is 24.7 Å². The van der Waals surface area contributed by atoms with Crippen LogP contribution >= 0.6 is 0 Å². The van der Waals surface area contributed by atoms with E-state index in [1.165, 1.54) is 54.6 Å². The van der Waals surface area contributed by atoms with Crippen LogP contribution in [-0.4, -0.2) is 68.4 Å². The topological polar surface area (TPSA) is 335 Å². The fourth-order valence-corrected chi connectivity index (χ4v) is 5.98. The maximum atomic E-state index is 12.3. The molecule has 1 unspecified atom stereocenters. The Morgan fingerprint density at radius 2 is 1.18 bits per heavy atom. The number of carbonyl (C=O) groups is 3. The summed E-state index contributed by atoms with van der Waals surface area (Å²) in [5.74, 6) is -4.02. The summed E-state index contributed by atoms with van der Waals surface area (Å²) in [5.41, 5.74) is 1.10. The lowest BCUT2D eigenvalue weighted by Gasteiger charge is -2.44. The van der Waals surface area contributed by atoms with Gasteiger partial charge >= 0.3 is 17.9 Å². The summed E-state index contributed by atoms with van der Waals surface area (Å²) in [6.07, 6.45) is 0. The van der Waals surface area contributed by atoms with E-state index in [9.17, 15) is 43.8 Å². The van der Waals surface area contributed by atoms with Crippen LogP contribution in [0.5, 0.6) is 23.0 Å². The molecule has 20 heteroatoms. The lowest BCUT2D eigenvalue weighted by atomic mass is 9.79. The van der Waals surface area contributed by atoms with Crippen molar-refractivity contribution < 1.29 is 58.9 Å². The number of nitrogens with two attached hydrogens (primary N) is 1. The van der Waals surface area contributed by atoms with Crippen molar-refractivity contribution >= 4 is 52.0 Å². The number of anilines is 6. The Bertz CT molecular complexity index is 2790. The fourth-order valence-electron chi connectivity index (χ4n) is 5.98. The first kappa shape index (κ1) is 44.0. The number of hydrogen-bond donors (Lipinski definition) is 10. The highest BCUT2D eigenvalue weighted by atomic mass is 16.5. The van der Waals surface area contributed by atoms with E-state index < -0.39 is 57.2 Å². The Morgan fingerprint density at radius 1 is 0.705 bits per heavy atom. The number of hydrogen-bond acceptors (Lipinski definition) is 17. The van der Waals surface area contributed by atoms with Crippen LogP contribution in [0.25, 0.3) is 0 Å². The highest BCUT2D eigenvalue weighted by Gasteiger charge is 2.45. The van der Waals surface area contributed by atoms with Gasteiger partial charge in [0, 0.05) is 5.41 Å². The zero-order chi connectivity index (χ0) is 44.9. The predicted molar refractivity (Wildman–Crippen MR) is 219 cm³/mol. The highest BCUT2D eigenvalue weighted by Crippen LogP contribution is 2.44. The Morgan fingerprint density at radius 3 is 1.62 bits per heavy atom. The fraction of sp³-hybridized carbons (Fsp3) is 0.195. The van der Waals surface area contributed by atoms with Crippen molar-refractivity contribution in [2.45, 2.75) is 26.8 Å². The Balaban J connectivity index is 0.000000195. The lowest BCUT2D eigenvalue weighted by molar-refractivity contribution is -0.115. The maximum absolute atomic E-state index is 12.3. The molecule has 318 valence electrons.